The number of benzene rings is 1. The number of rotatable bonds is 6. The van der Waals surface area contributed by atoms with Crippen LogP contribution in [-0.2, 0) is 6.54 Å². The quantitative estimate of drug-likeness (QED) is 0.432. The van der Waals surface area contributed by atoms with Gasteiger partial charge in [0.05, 0.1) is 0 Å². The maximum Gasteiger partial charge on any atom is 0.191 e. The molecule has 0 radical (unpaired) electrons. The van der Waals surface area contributed by atoms with Gasteiger partial charge in [0.15, 0.2) is 5.96 Å². The first kappa shape index (κ1) is 20.1. The third-order valence-corrected chi connectivity index (χ3v) is 3.25. The molecular formula is C15H26FIN4. The lowest BCUT2D eigenvalue weighted by Gasteiger charge is -2.16. The van der Waals surface area contributed by atoms with Gasteiger partial charge in [-0.3, -0.25) is 4.99 Å². The van der Waals surface area contributed by atoms with E-state index >= 15 is 0 Å². The number of hydrogen-bond acceptors (Lipinski definition) is 2. The second-order valence-corrected chi connectivity index (χ2v) is 4.83. The molecule has 1 aromatic carbocycles. The molecular weight excluding hydrogens is 382 g/mol. The van der Waals surface area contributed by atoms with Crippen molar-refractivity contribution in [2.75, 3.05) is 33.7 Å². The molecule has 0 amide bonds. The molecule has 120 valence electrons. The van der Waals surface area contributed by atoms with Crippen molar-refractivity contribution in [3.05, 3.63) is 35.1 Å². The molecule has 0 unspecified atom stereocenters. The van der Waals surface area contributed by atoms with Crippen molar-refractivity contribution in [1.82, 2.24) is 15.5 Å². The van der Waals surface area contributed by atoms with E-state index in [0.29, 0.717) is 12.1 Å². The summed E-state index contributed by atoms with van der Waals surface area (Å²) in [7, 11) is 3.81. The van der Waals surface area contributed by atoms with Crippen molar-refractivity contribution in [2.45, 2.75) is 20.4 Å². The minimum absolute atomic E-state index is 0. The van der Waals surface area contributed by atoms with Gasteiger partial charge in [0, 0.05) is 26.7 Å². The molecule has 0 saturated carbocycles. The van der Waals surface area contributed by atoms with E-state index in [1.54, 1.807) is 26.1 Å². The minimum atomic E-state index is -0.170. The zero-order chi connectivity index (χ0) is 15.0. The maximum absolute atomic E-state index is 13.4. The molecule has 1 rings (SSSR count). The van der Waals surface area contributed by atoms with Crippen LogP contribution >= 0.6 is 24.0 Å². The topological polar surface area (TPSA) is 39.7 Å². The Balaban J connectivity index is 0.00000400. The fourth-order valence-corrected chi connectivity index (χ4v) is 1.68. The standard InChI is InChI=1S/C15H25FN4.HI/c1-5-20(4)9-8-18-15(17-3)19-11-13-7-6-12(2)14(16)10-13;/h6-7,10H,5,8-9,11H2,1-4H3,(H2,17,18,19);1H. The Kier molecular flexibility index (Phi) is 10.3. The third kappa shape index (κ3) is 7.61. The molecule has 0 aliphatic heterocycles. The van der Waals surface area contributed by atoms with Gasteiger partial charge >= 0.3 is 0 Å². The molecule has 0 saturated heterocycles. The van der Waals surface area contributed by atoms with Crippen LogP contribution in [0.15, 0.2) is 23.2 Å². The van der Waals surface area contributed by atoms with Crippen molar-refractivity contribution in [3.63, 3.8) is 0 Å². The lowest BCUT2D eigenvalue weighted by molar-refractivity contribution is 0.357. The van der Waals surface area contributed by atoms with Crippen LogP contribution in [0.25, 0.3) is 0 Å². The Hall–Kier alpha value is -0.890. The van der Waals surface area contributed by atoms with Crippen LogP contribution in [0.5, 0.6) is 0 Å². The van der Waals surface area contributed by atoms with E-state index in [0.717, 1.165) is 31.2 Å². The summed E-state index contributed by atoms with van der Waals surface area (Å²) in [5, 5.41) is 6.41. The fraction of sp³-hybridized carbons (Fsp3) is 0.533. The summed E-state index contributed by atoms with van der Waals surface area (Å²) in [6.07, 6.45) is 0. The second kappa shape index (κ2) is 10.8. The first-order valence-corrected chi connectivity index (χ1v) is 6.95. The number of aliphatic imine (C=N–C) groups is 1. The van der Waals surface area contributed by atoms with Crippen molar-refractivity contribution in [3.8, 4) is 0 Å². The smallest absolute Gasteiger partial charge is 0.191 e. The van der Waals surface area contributed by atoms with Gasteiger partial charge < -0.3 is 15.5 Å². The maximum atomic E-state index is 13.4. The van der Waals surface area contributed by atoms with E-state index in [2.05, 4.69) is 34.5 Å². The van der Waals surface area contributed by atoms with Crippen LogP contribution in [0, 0.1) is 12.7 Å². The van der Waals surface area contributed by atoms with E-state index in [4.69, 9.17) is 0 Å². The van der Waals surface area contributed by atoms with Crippen LogP contribution < -0.4 is 10.6 Å². The summed E-state index contributed by atoms with van der Waals surface area (Å²) < 4.78 is 13.4. The van der Waals surface area contributed by atoms with E-state index in [1.807, 2.05) is 6.07 Å². The summed E-state index contributed by atoms with van der Waals surface area (Å²) in [6, 6.07) is 5.27. The van der Waals surface area contributed by atoms with Gasteiger partial charge in [-0.05, 0) is 37.7 Å². The van der Waals surface area contributed by atoms with Crippen molar-refractivity contribution < 1.29 is 4.39 Å². The zero-order valence-electron chi connectivity index (χ0n) is 13.2. The molecule has 0 atom stereocenters. The van der Waals surface area contributed by atoms with Crippen molar-refractivity contribution >= 4 is 29.9 Å². The van der Waals surface area contributed by atoms with Crippen molar-refractivity contribution in [1.29, 1.82) is 0 Å². The number of likely N-dealkylation sites (N-methyl/N-ethyl adjacent to an activating group) is 1. The molecule has 6 heteroatoms. The predicted molar refractivity (Wildman–Crippen MR) is 97.9 cm³/mol. The van der Waals surface area contributed by atoms with Crippen LogP contribution in [0.4, 0.5) is 4.39 Å². The third-order valence-electron chi connectivity index (χ3n) is 3.25. The molecule has 0 fully saturated rings. The molecule has 0 spiro atoms. The minimum Gasteiger partial charge on any atom is -0.355 e. The van der Waals surface area contributed by atoms with E-state index in [9.17, 15) is 4.39 Å². The zero-order valence-corrected chi connectivity index (χ0v) is 15.6. The summed E-state index contributed by atoms with van der Waals surface area (Å²) in [6.45, 7) is 7.25. The SMILES string of the molecule is CCN(C)CCNC(=NC)NCc1ccc(C)c(F)c1.I. The number of aryl methyl sites for hydroxylation is 1. The van der Waals surface area contributed by atoms with Gasteiger partial charge in [0.2, 0.25) is 0 Å². The average molecular weight is 408 g/mol. The van der Waals surface area contributed by atoms with Gasteiger partial charge in [-0.15, -0.1) is 24.0 Å². The van der Waals surface area contributed by atoms with Crippen molar-refractivity contribution in [2.24, 2.45) is 4.99 Å². The number of nitrogens with zero attached hydrogens (tertiary/aromatic N) is 2. The highest BCUT2D eigenvalue weighted by molar-refractivity contribution is 14.0. The number of nitrogens with one attached hydrogen (secondary N) is 2. The highest BCUT2D eigenvalue weighted by Crippen LogP contribution is 2.08. The van der Waals surface area contributed by atoms with Crippen LogP contribution in [0.1, 0.15) is 18.1 Å². The summed E-state index contributed by atoms with van der Waals surface area (Å²) in [5.74, 6) is 0.562. The molecule has 1 aromatic rings. The van der Waals surface area contributed by atoms with Gasteiger partial charge in [-0.25, -0.2) is 4.39 Å². The summed E-state index contributed by atoms with van der Waals surface area (Å²) in [4.78, 5) is 6.37. The summed E-state index contributed by atoms with van der Waals surface area (Å²) in [5.41, 5.74) is 1.57. The Morgan fingerprint density at radius 2 is 2.05 bits per heavy atom. The molecule has 0 aliphatic rings. The normalized spacial score (nSPS) is 11.2. The van der Waals surface area contributed by atoms with E-state index in [1.165, 1.54) is 0 Å². The van der Waals surface area contributed by atoms with E-state index in [-0.39, 0.29) is 29.8 Å². The molecule has 0 aliphatic carbocycles. The predicted octanol–water partition coefficient (Wildman–Crippen LogP) is 2.37. The first-order chi connectivity index (χ1) is 9.56. The number of halogens is 2. The molecule has 0 bridgehead atoms. The number of hydrogen-bond donors (Lipinski definition) is 2. The highest BCUT2D eigenvalue weighted by atomic mass is 127. The molecule has 0 heterocycles. The molecule has 4 nitrogen and oxygen atoms in total. The Bertz CT molecular complexity index is 451. The van der Waals surface area contributed by atoms with Gasteiger partial charge in [-0.2, -0.15) is 0 Å². The molecule has 0 aromatic heterocycles. The van der Waals surface area contributed by atoms with Gasteiger partial charge in [0.25, 0.3) is 0 Å². The second-order valence-electron chi connectivity index (χ2n) is 4.83. The molecule has 2 N–H and O–H groups in total. The highest BCUT2D eigenvalue weighted by Gasteiger charge is 2.02. The van der Waals surface area contributed by atoms with Gasteiger partial charge in [0.1, 0.15) is 5.82 Å². The van der Waals surface area contributed by atoms with E-state index < -0.39 is 0 Å². The first-order valence-electron chi connectivity index (χ1n) is 6.95. The summed E-state index contributed by atoms with van der Waals surface area (Å²) >= 11 is 0. The lowest BCUT2D eigenvalue weighted by atomic mass is 10.1. The monoisotopic (exact) mass is 408 g/mol. The lowest BCUT2D eigenvalue weighted by Crippen LogP contribution is -2.40. The van der Waals surface area contributed by atoms with Crippen LogP contribution in [-0.4, -0.2) is 44.6 Å². The fourth-order valence-electron chi connectivity index (χ4n) is 1.68. The Morgan fingerprint density at radius 3 is 2.62 bits per heavy atom. The van der Waals surface area contributed by atoms with Crippen LogP contribution in [0.3, 0.4) is 0 Å². The van der Waals surface area contributed by atoms with Crippen LogP contribution in [0.2, 0.25) is 0 Å². The molecule has 21 heavy (non-hydrogen) atoms. The Morgan fingerprint density at radius 1 is 1.33 bits per heavy atom. The van der Waals surface area contributed by atoms with Gasteiger partial charge in [-0.1, -0.05) is 19.1 Å². The Labute approximate surface area is 144 Å². The number of guanidine groups is 1. The average Bonchev–Trinajstić information content (AvgIpc) is 2.45. The largest absolute Gasteiger partial charge is 0.355 e.